The number of hydrogen-bond acceptors (Lipinski definition) is 3. The maximum atomic E-state index is 12.0. The van der Waals surface area contributed by atoms with Crippen molar-refractivity contribution < 1.29 is 14.7 Å². The van der Waals surface area contributed by atoms with Crippen LogP contribution in [-0.4, -0.2) is 28.0 Å². The zero-order valence-electron chi connectivity index (χ0n) is 13.0. The molecule has 1 aliphatic carbocycles. The number of aryl methyl sites for hydroxylation is 1. The van der Waals surface area contributed by atoms with Gasteiger partial charge in [0.05, 0.1) is 6.04 Å². The minimum absolute atomic E-state index is 0.0104. The lowest BCUT2D eigenvalue weighted by Gasteiger charge is -2.30. The van der Waals surface area contributed by atoms with Gasteiger partial charge < -0.3 is 4.74 Å². The molecular weight excluding hydrogens is 266 g/mol. The van der Waals surface area contributed by atoms with Gasteiger partial charge in [-0.3, -0.25) is 5.21 Å². The van der Waals surface area contributed by atoms with E-state index in [9.17, 15) is 10.0 Å². The predicted molar refractivity (Wildman–Crippen MR) is 81.3 cm³/mol. The first-order valence-corrected chi connectivity index (χ1v) is 7.23. The second-order valence-corrected chi connectivity index (χ2v) is 6.44. The van der Waals surface area contributed by atoms with Gasteiger partial charge in [0.15, 0.2) is 0 Å². The maximum absolute atomic E-state index is 12.0. The third kappa shape index (κ3) is 3.64. The van der Waals surface area contributed by atoms with Crippen molar-refractivity contribution in [2.45, 2.75) is 51.7 Å². The molecule has 0 heterocycles. The SMILES string of the molecule is Cc1ccccc1[C@@H]1C=CC[C@@H]1N(O)C(=O)OC(C)(C)C. The average molecular weight is 289 g/mol. The van der Waals surface area contributed by atoms with Crippen molar-refractivity contribution >= 4 is 6.09 Å². The number of carbonyl (C=O) groups is 1. The highest BCUT2D eigenvalue weighted by Crippen LogP contribution is 2.34. The minimum atomic E-state index is -0.699. The van der Waals surface area contributed by atoms with Crippen LogP contribution < -0.4 is 0 Å². The van der Waals surface area contributed by atoms with Crippen LogP contribution in [0.1, 0.15) is 44.2 Å². The molecule has 1 amide bonds. The van der Waals surface area contributed by atoms with E-state index in [-0.39, 0.29) is 12.0 Å². The zero-order chi connectivity index (χ0) is 15.6. The Bertz CT molecular complexity index is 545. The van der Waals surface area contributed by atoms with Crippen molar-refractivity contribution in [2.24, 2.45) is 0 Å². The summed E-state index contributed by atoms with van der Waals surface area (Å²) in [6.45, 7) is 7.38. The van der Waals surface area contributed by atoms with Crippen LogP contribution in [0, 0.1) is 6.92 Å². The number of rotatable bonds is 2. The molecule has 2 atom stereocenters. The Morgan fingerprint density at radius 3 is 2.62 bits per heavy atom. The molecule has 1 aliphatic rings. The summed E-state index contributed by atoms with van der Waals surface area (Å²) in [6, 6.07) is 7.71. The number of benzene rings is 1. The standard InChI is InChI=1S/C17H23NO3/c1-12-8-5-6-9-13(12)14-10-7-11-15(14)18(20)16(19)21-17(2,3)4/h5-10,14-15,20H,11H2,1-4H3/t14-,15-/m0/s1. The molecular formula is C17H23NO3. The van der Waals surface area contributed by atoms with Gasteiger partial charge in [0.25, 0.3) is 0 Å². The summed E-state index contributed by atoms with van der Waals surface area (Å²) in [5.41, 5.74) is 1.65. The van der Waals surface area contributed by atoms with E-state index in [0.717, 1.165) is 16.2 Å². The van der Waals surface area contributed by atoms with Crippen LogP contribution in [0.3, 0.4) is 0 Å². The van der Waals surface area contributed by atoms with Gasteiger partial charge in [0.2, 0.25) is 0 Å². The lowest BCUT2D eigenvalue weighted by atomic mass is 9.91. The lowest BCUT2D eigenvalue weighted by Crippen LogP contribution is -2.42. The van der Waals surface area contributed by atoms with E-state index in [0.29, 0.717) is 6.42 Å². The first-order valence-electron chi connectivity index (χ1n) is 7.23. The fourth-order valence-electron chi connectivity index (χ4n) is 2.61. The summed E-state index contributed by atoms with van der Waals surface area (Å²) < 4.78 is 5.24. The molecule has 0 saturated heterocycles. The first kappa shape index (κ1) is 15.6. The molecule has 0 bridgehead atoms. The van der Waals surface area contributed by atoms with E-state index < -0.39 is 11.7 Å². The molecule has 0 saturated carbocycles. The third-order valence-corrected chi connectivity index (χ3v) is 3.58. The topological polar surface area (TPSA) is 49.8 Å². The molecule has 1 N–H and O–H groups in total. The highest BCUT2D eigenvalue weighted by Gasteiger charge is 2.35. The predicted octanol–water partition coefficient (Wildman–Crippen LogP) is 4.03. The number of hydrogen-bond donors (Lipinski definition) is 1. The number of ether oxygens (including phenoxy) is 1. The Balaban J connectivity index is 2.16. The summed E-state index contributed by atoms with van der Waals surface area (Å²) in [7, 11) is 0. The first-order chi connectivity index (χ1) is 9.79. The van der Waals surface area contributed by atoms with Gasteiger partial charge in [-0.05, 0) is 45.2 Å². The van der Waals surface area contributed by atoms with Gasteiger partial charge in [-0.2, -0.15) is 5.06 Å². The molecule has 4 nitrogen and oxygen atoms in total. The van der Waals surface area contributed by atoms with E-state index in [1.54, 1.807) is 20.8 Å². The van der Waals surface area contributed by atoms with Crippen molar-refractivity contribution in [3.8, 4) is 0 Å². The van der Waals surface area contributed by atoms with Crippen LogP contribution in [0.25, 0.3) is 0 Å². The zero-order valence-corrected chi connectivity index (χ0v) is 13.0. The van der Waals surface area contributed by atoms with E-state index in [4.69, 9.17) is 4.74 Å². The summed E-state index contributed by atoms with van der Waals surface area (Å²) in [5, 5.41) is 11.0. The fourth-order valence-corrected chi connectivity index (χ4v) is 2.61. The van der Waals surface area contributed by atoms with Gasteiger partial charge in [0, 0.05) is 5.92 Å². The molecule has 4 heteroatoms. The van der Waals surface area contributed by atoms with Crippen molar-refractivity contribution in [3.63, 3.8) is 0 Å². The van der Waals surface area contributed by atoms with Crippen LogP contribution in [0.5, 0.6) is 0 Å². The Morgan fingerprint density at radius 2 is 2.00 bits per heavy atom. The van der Waals surface area contributed by atoms with Gasteiger partial charge >= 0.3 is 6.09 Å². The molecule has 21 heavy (non-hydrogen) atoms. The number of hydroxylamine groups is 2. The van der Waals surface area contributed by atoms with Crippen LogP contribution >= 0.6 is 0 Å². The van der Waals surface area contributed by atoms with Crippen LogP contribution in [-0.2, 0) is 4.74 Å². The normalized spacial score (nSPS) is 21.4. The van der Waals surface area contributed by atoms with Crippen LogP contribution in [0.2, 0.25) is 0 Å². The Labute approximate surface area is 126 Å². The maximum Gasteiger partial charge on any atom is 0.434 e. The smallest absolute Gasteiger partial charge is 0.434 e. The number of nitrogens with zero attached hydrogens (tertiary/aromatic N) is 1. The molecule has 0 fully saturated rings. The molecule has 1 aromatic carbocycles. The third-order valence-electron chi connectivity index (χ3n) is 3.58. The molecule has 0 radical (unpaired) electrons. The van der Waals surface area contributed by atoms with E-state index in [1.807, 2.05) is 43.3 Å². The number of amides is 1. The molecule has 2 rings (SSSR count). The molecule has 0 aromatic heterocycles. The Morgan fingerprint density at radius 1 is 1.33 bits per heavy atom. The number of carbonyl (C=O) groups excluding carboxylic acids is 1. The largest absolute Gasteiger partial charge is 0.442 e. The average Bonchev–Trinajstić information content (AvgIpc) is 2.85. The lowest BCUT2D eigenvalue weighted by molar-refractivity contribution is -0.120. The molecule has 0 aliphatic heterocycles. The summed E-state index contributed by atoms with van der Waals surface area (Å²) in [6.07, 6.45) is 3.96. The van der Waals surface area contributed by atoms with Crippen LogP contribution in [0.15, 0.2) is 36.4 Å². The van der Waals surface area contributed by atoms with Crippen molar-refractivity contribution in [2.75, 3.05) is 0 Å². The fraction of sp³-hybridized carbons (Fsp3) is 0.471. The highest BCUT2D eigenvalue weighted by molar-refractivity contribution is 5.67. The highest BCUT2D eigenvalue weighted by atomic mass is 16.6. The quantitative estimate of drug-likeness (QED) is 0.508. The van der Waals surface area contributed by atoms with Crippen molar-refractivity contribution in [1.82, 2.24) is 5.06 Å². The second kappa shape index (κ2) is 5.90. The molecule has 1 aromatic rings. The molecule has 114 valence electrons. The Hall–Kier alpha value is -1.81. The van der Waals surface area contributed by atoms with Crippen molar-refractivity contribution in [1.29, 1.82) is 0 Å². The van der Waals surface area contributed by atoms with Gasteiger partial charge in [-0.25, -0.2) is 4.79 Å². The molecule has 0 spiro atoms. The molecule has 0 unspecified atom stereocenters. The van der Waals surface area contributed by atoms with E-state index in [2.05, 4.69) is 0 Å². The second-order valence-electron chi connectivity index (χ2n) is 6.44. The van der Waals surface area contributed by atoms with Crippen LogP contribution in [0.4, 0.5) is 4.79 Å². The van der Waals surface area contributed by atoms with Gasteiger partial charge in [0.1, 0.15) is 5.60 Å². The van der Waals surface area contributed by atoms with Gasteiger partial charge in [-0.15, -0.1) is 0 Å². The minimum Gasteiger partial charge on any atom is -0.442 e. The summed E-state index contributed by atoms with van der Waals surface area (Å²) >= 11 is 0. The summed E-state index contributed by atoms with van der Waals surface area (Å²) in [5.74, 6) is -0.0104. The van der Waals surface area contributed by atoms with E-state index in [1.165, 1.54) is 0 Å². The summed E-state index contributed by atoms with van der Waals surface area (Å²) in [4.78, 5) is 12.0. The van der Waals surface area contributed by atoms with E-state index >= 15 is 0 Å². The monoisotopic (exact) mass is 289 g/mol. The van der Waals surface area contributed by atoms with Crippen molar-refractivity contribution in [3.05, 3.63) is 47.5 Å². The van der Waals surface area contributed by atoms with Gasteiger partial charge in [-0.1, -0.05) is 36.4 Å². The Kier molecular flexibility index (Phi) is 4.37.